The second kappa shape index (κ2) is 10.3. The highest BCUT2D eigenvalue weighted by Gasteiger charge is 2.34. The van der Waals surface area contributed by atoms with Crippen LogP contribution < -0.4 is 10.5 Å². The van der Waals surface area contributed by atoms with Gasteiger partial charge in [0.1, 0.15) is 11.9 Å². The quantitative estimate of drug-likeness (QED) is 0.415. The summed E-state index contributed by atoms with van der Waals surface area (Å²) in [5.74, 6) is 0.505. The summed E-state index contributed by atoms with van der Waals surface area (Å²) in [6, 6.07) is 12.7. The standard InChI is InChI=1S/C29H34FN7O/c1-19-8-9-20(2)26-24(19)18-25(29(38)31-26)27(28-32-33-34-37(28)23-6-4-3-5-7-23)36-16-14-35(15-17-36)22-12-10-21(30)11-13-22/h8-13,18,23,27H,3-7,14-17H2,1-2H3,(H,31,38). The zero-order valence-electron chi connectivity index (χ0n) is 22.0. The number of nitrogens with one attached hydrogen (secondary N) is 1. The van der Waals surface area contributed by atoms with Crippen LogP contribution in [0.3, 0.4) is 0 Å². The maximum absolute atomic E-state index is 13.7. The summed E-state index contributed by atoms with van der Waals surface area (Å²) < 4.78 is 15.5. The van der Waals surface area contributed by atoms with E-state index in [1.54, 1.807) is 0 Å². The Bertz CT molecular complexity index is 1480. The predicted molar refractivity (Wildman–Crippen MR) is 146 cm³/mol. The number of hydrogen-bond acceptors (Lipinski definition) is 6. The number of aromatic nitrogens is 5. The summed E-state index contributed by atoms with van der Waals surface area (Å²) in [5, 5.41) is 14.1. The van der Waals surface area contributed by atoms with Gasteiger partial charge in [-0.25, -0.2) is 9.07 Å². The fourth-order valence-electron chi connectivity index (χ4n) is 6.15. The van der Waals surface area contributed by atoms with Gasteiger partial charge in [-0.3, -0.25) is 9.69 Å². The van der Waals surface area contributed by atoms with Gasteiger partial charge in [0, 0.05) is 42.8 Å². The highest BCUT2D eigenvalue weighted by Crippen LogP contribution is 2.34. The normalized spacial score (nSPS) is 18.2. The number of nitrogens with zero attached hydrogens (tertiary/aromatic N) is 6. The Kier molecular flexibility index (Phi) is 6.69. The van der Waals surface area contributed by atoms with E-state index >= 15 is 0 Å². The summed E-state index contributed by atoms with van der Waals surface area (Å²) in [6.45, 7) is 7.07. The lowest BCUT2D eigenvalue weighted by Crippen LogP contribution is -2.49. The highest BCUT2D eigenvalue weighted by atomic mass is 19.1. The third kappa shape index (κ3) is 4.60. The van der Waals surface area contributed by atoms with E-state index in [1.165, 1.54) is 31.4 Å². The first kappa shape index (κ1) is 24.7. The van der Waals surface area contributed by atoms with E-state index in [2.05, 4.69) is 43.3 Å². The second-order valence-corrected chi connectivity index (χ2v) is 10.7. The number of aromatic amines is 1. The summed E-state index contributed by atoms with van der Waals surface area (Å²) in [5.41, 5.74) is 4.62. The van der Waals surface area contributed by atoms with Crippen molar-refractivity contribution in [2.24, 2.45) is 0 Å². The molecule has 1 unspecified atom stereocenters. The molecule has 1 atom stereocenters. The van der Waals surface area contributed by atoms with Crippen LogP contribution in [-0.4, -0.2) is 56.3 Å². The van der Waals surface area contributed by atoms with E-state index in [1.807, 2.05) is 35.9 Å². The predicted octanol–water partition coefficient (Wildman–Crippen LogP) is 4.69. The number of benzene rings is 2. The molecule has 1 saturated carbocycles. The van der Waals surface area contributed by atoms with Gasteiger partial charge in [0.05, 0.1) is 11.6 Å². The van der Waals surface area contributed by atoms with E-state index in [0.717, 1.165) is 72.6 Å². The minimum absolute atomic E-state index is 0.102. The minimum atomic E-state index is -0.365. The van der Waals surface area contributed by atoms with Gasteiger partial charge in [-0.05, 0) is 78.6 Å². The van der Waals surface area contributed by atoms with Gasteiger partial charge in [0.15, 0.2) is 5.82 Å². The van der Waals surface area contributed by atoms with Crippen LogP contribution in [0, 0.1) is 19.7 Å². The zero-order chi connectivity index (χ0) is 26.2. The van der Waals surface area contributed by atoms with Crippen molar-refractivity contribution in [3.05, 3.63) is 81.2 Å². The van der Waals surface area contributed by atoms with E-state index in [-0.39, 0.29) is 23.5 Å². The molecule has 9 heteroatoms. The van der Waals surface area contributed by atoms with Crippen LogP contribution in [0.5, 0.6) is 0 Å². The highest BCUT2D eigenvalue weighted by molar-refractivity contribution is 5.85. The van der Waals surface area contributed by atoms with Gasteiger partial charge in [-0.15, -0.1) is 5.10 Å². The Hall–Kier alpha value is -3.59. The number of pyridine rings is 1. The fourth-order valence-corrected chi connectivity index (χ4v) is 6.15. The molecule has 3 heterocycles. The van der Waals surface area contributed by atoms with Crippen LogP contribution in [0.25, 0.3) is 10.9 Å². The smallest absolute Gasteiger partial charge is 0.253 e. The summed E-state index contributed by atoms with van der Waals surface area (Å²) in [6.07, 6.45) is 5.68. The Balaban J connectivity index is 1.40. The molecule has 1 N–H and O–H groups in total. The molecular weight excluding hydrogens is 481 g/mol. The second-order valence-electron chi connectivity index (χ2n) is 10.7. The number of H-pyrrole nitrogens is 1. The molecule has 0 amide bonds. The SMILES string of the molecule is Cc1ccc(C)c2[nH]c(=O)c(C(c3nnnn3C3CCCCC3)N3CCN(c4ccc(F)cc4)CC3)cc12. The lowest BCUT2D eigenvalue weighted by Gasteiger charge is -2.40. The molecule has 2 fully saturated rings. The van der Waals surface area contributed by atoms with Gasteiger partial charge in [0.25, 0.3) is 5.56 Å². The number of anilines is 1. The molecule has 0 bridgehead atoms. The lowest BCUT2D eigenvalue weighted by molar-refractivity contribution is 0.192. The fraction of sp³-hybridized carbons (Fsp3) is 0.448. The summed E-state index contributed by atoms with van der Waals surface area (Å²) >= 11 is 0. The number of aryl methyl sites for hydroxylation is 2. The number of tetrazole rings is 1. The Morgan fingerprint density at radius 3 is 2.39 bits per heavy atom. The first-order valence-corrected chi connectivity index (χ1v) is 13.6. The molecule has 1 aliphatic heterocycles. The van der Waals surface area contributed by atoms with Crippen LogP contribution in [0.15, 0.2) is 47.3 Å². The summed E-state index contributed by atoms with van der Waals surface area (Å²) in [7, 11) is 0. The average molecular weight is 516 g/mol. The van der Waals surface area contributed by atoms with Crippen LogP contribution in [0.1, 0.15) is 66.7 Å². The largest absolute Gasteiger partial charge is 0.369 e. The molecule has 2 aromatic carbocycles. The van der Waals surface area contributed by atoms with Gasteiger partial charge in [-0.2, -0.15) is 0 Å². The molecule has 4 aromatic rings. The Morgan fingerprint density at radius 2 is 1.66 bits per heavy atom. The number of rotatable bonds is 5. The van der Waals surface area contributed by atoms with Gasteiger partial charge < -0.3 is 9.88 Å². The van der Waals surface area contributed by atoms with Crippen LogP contribution >= 0.6 is 0 Å². The number of fused-ring (bicyclic) bond motifs is 1. The van der Waals surface area contributed by atoms with Gasteiger partial charge in [-0.1, -0.05) is 31.4 Å². The zero-order valence-corrected chi connectivity index (χ0v) is 22.0. The molecule has 1 aliphatic carbocycles. The van der Waals surface area contributed by atoms with Crippen LogP contribution in [-0.2, 0) is 0 Å². The first-order valence-electron chi connectivity index (χ1n) is 13.6. The van der Waals surface area contributed by atoms with Gasteiger partial charge >= 0.3 is 0 Å². The third-order valence-electron chi connectivity index (χ3n) is 8.32. The monoisotopic (exact) mass is 515 g/mol. The maximum atomic E-state index is 13.7. The molecule has 1 saturated heterocycles. The van der Waals surface area contributed by atoms with Crippen molar-refractivity contribution in [1.82, 2.24) is 30.1 Å². The molecule has 38 heavy (non-hydrogen) atoms. The van der Waals surface area contributed by atoms with E-state index in [0.29, 0.717) is 5.56 Å². The molecular formula is C29H34FN7O. The Labute approximate surface area is 221 Å². The number of piperazine rings is 1. The van der Waals surface area contributed by atoms with Crippen molar-refractivity contribution in [2.75, 3.05) is 31.1 Å². The van der Waals surface area contributed by atoms with E-state index < -0.39 is 0 Å². The minimum Gasteiger partial charge on any atom is -0.369 e. The lowest BCUT2D eigenvalue weighted by atomic mass is 9.94. The van der Waals surface area contributed by atoms with Crippen LogP contribution in [0.2, 0.25) is 0 Å². The molecule has 6 rings (SSSR count). The number of hydrogen-bond donors (Lipinski definition) is 1. The molecule has 0 spiro atoms. The molecule has 198 valence electrons. The summed E-state index contributed by atoms with van der Waals surface area (Å²) in [4.78, 5) is 21.4. The molecule has 8 nitrogen and oxygen atoms in total. The molecule has 0 radical (unpaired) electrons. The molecule has 2 aliphatic rings. The van der Waals surface area contributed by atoms with Crippen LogP contribution in [0.4, 0.5) is 10.1 Å². The number of halogens is 1. The van der Waals surface area contributed by atoms with Crippen molar-refractivity contribution >= 4 is 16.6 Å². The topological polar surface area (TPSA) is 82.9 Å². The third-order valence-corrected chi connectivity index (χ3v) is 8.32. The maximum Gasteiger partial charge on any atom is 0.253 e. The van der Waals surface area contributed by atoms with Crippen molar-refractivity contribution in [2.45, 2.75) is 58.0 Å². The van der Waals surface area contributed by atoms with Crippen molar-refractivity contribution < 1.29 is 4.39 Å². The van der Waals surface area contributed by atoms with Crippen molar-refractivity contribution in [1.29, 1.82) is 0 Å². The van der Waals surface area contributed by atoms with Gasteiger partial charge in [0.2, 0.25) is 0 Å². The Morgan fingerprint density at radius 1 is 0.947 bits per heavy atom. The van der Waals surface area contributed by atoms with Crippen molar-refractivity contribution in [3.8, 4) is 0 Å². The van der Waals surface area contributed by atoms with E-state index in [9.17, 15) is 9.18 Å². The van der Waals surface area contributed by atoms with Crippen molar-refractivity contribution in [3.63, 3.8) is 0 Å². The molecule has 2 aromatic heterocycles. The average Bonchev–Trinajstić information content (AvgIpc) is 3.42. The van der Waals surface area contributed by atoms with E-state index in [4.69, 9.17) is 0 Å². The first-order chi connectivity index (χ1) is 18.5.